The zero-order chi connectivity index (χ0) is 19.0. The van der Waals surface area contributed by atoms with Crippen LogP contribution < -0.4 is 5.32 Å². The predicted octanol–water partition coefficient (Wildman–Crippen LogP) is 3.39. The van der Waals surface area contributed by atoms with Gasteiger partial charge in [-0.05, 0) is 27.7 Å². The highest BCUT2D eigenvalue weighted by molar-refractivity contribution is 5.31. The van der Waals surface area contributed by atoms with Crippen molar-refractivity contribution in [3.63, 3.8) is 0 Å². The van der Waals surface area contributed by atoms with Gasteiger partial charge in [-0.2, -0.15) is 22.0 Å². The Balaban J connectivity index is 2.09. The quantitative estimate of drug-likeness (QED) is 0.829. The molecule has 0 unspecified atom stereocenters. The van der Waals surface area contributed by atoms with E-state index in [9.17, 15) is 22.0 Å². The Kier molecular flexibility index (Phi) is 5.25. The molecule has 0 aromatic carbocycles. The van der Waals surface area contributed by atoms with Gasteiger partial charge in [-0.15, -0.1) is 0 Å². The van der Waals surface area contributed by atoms with E-state index < -0.39 is 42.2 Å². The maximum atomic E-state index is 13.7. The fraction of sp³-hybridized carbons (Fsp3) is 0.733. The summed E-state index contributed by atoms with van der Waals surface area (Å²) in [6, 6.07) is -0.413. The van der Waals surface area contributed by atoms with Crippen LogP contribution in [0.3, 0.4) is 0 Å². The minimum absolute atomic E-state index is 0.131. The number of anilines is 1. The number of morpholine rings is 1. The molecule has 1 aromatic heterocycles. The van der Waals surface area contributed by atoms with Crippen LogP contribution in [0.25, 0.3) is 0 Å². The zero-order valence-corrected chi connectivity index (χ0v) is 14.4. The zero-order valence-electron chi connectivity index (χ0n) is 14.4. The largest absolute Gasteiger partial charge is 0.434 e. The molecule has 25 heavy (non-hydrogen) atoms. The second-order valence-corrected chi connectivity index (χ2v) is 6.99. The first-order valence-corrected chi connectivity index (χ1v) is 7.75. The molecule has 0 radical (unpaired) electrons. The number of ether oxygens (including phenoxy) is 1. The molecule has 0 amide bonds. The highest BCUT2D eigenvalue weighted by Gasteiger charge is 2.48. The molecule has 0 spiro atoms. The molecule has 1 aliphatic rings. The number of nitrogens with zero attached hydrogens (tertiary/aromatic N) is 3. The molecule has 0 aliphatic carbocycles. The van der Waals surface area contributed by atoms with Gasteiger partial charge < -0.3 is 10.1 Å². The number of nitrogens with one attached hydrogen (secondary N) is 1. The Labute approximate surface area is 142 Å². The molecule has 1 fully saturated rings. The molecule has 1 aliphatic heterocycles. The van der Waals surface area contributed by atoms with Crippen LogP contribution in [0, 0.1) is 0 Å². The van der Waals surface area contributed by atoms with Crippen molar-refractivity contribution in [1.82, 2.24) is 14.9 Å². The summed E-state index contributed by atoms with van der Waals surface area (Å²) in [6.45, 7) is 6.58. The summed E-state index contributed by atoms with van der Waals surface area (Å²) < 4.78 is 69.7. The molecule has 2 rings (SSSR count). The topological polar surface area (TPSA) is 50.3 Å². The van der Waals surface area contributed by atoms with E-state index in [-0.39, 0.29) is 12.4 Å². The van der Waals surface area contributed by atoms with E-state index in [1.807, 2.05) is 20.8 Å². The van der Waals surface area contributed by atoms with Crippen molar-refractivity contribution in [2.24, 2.45) is 0 Å². The minimum atomic E-state index is -4.56. The number of halogens is 5. The molecule has 10 heteroatoms. The van der Waals surface area contributed by atoms with Gasteiger partial charge >= 0.3 is 12.3 Å². The third-order valence-electron chi connectivity index (χ3n) is 3.95. The third-order valence-corrected chi connectivity index (χ3v) is 3.95. The van der Waals surface area contributed by atoms with Crippen molar-refractivity contribution in [2.75, 3.05) is 18.4 Å². The lowest BCUT2D eigenvalue weighted by atomic mass is 9.98. The normalized spacial score (nSPS) is 25.0. The molecule has 1 N–H and O–H groups in total. The third kappa shape index (κ3) is 4.97. The number of alkyl halides is 5. The summed E-state index contributed by atoms with van der Waals surface area (Å²) in [5, 5.41) is 2.85. The van der Waals surface area contributed by atoms with Gasteiger partial charge in [0.15, 0.2) is 5.69 Å². The molecule has 5 nitrogen and oxygen atoms in total. The van der Waals surface area contributed by atoms with Crippen molar-refractivity contribution in [1.29, 1.82) is 0 Å². The van der Waals surface area contributed by atoms with Crippen LogP contribution in [-0.4, -0.2) is 51.8 Å². The maximum absolute atomic E-state index is 13.7. The van der Waals surface area contributed by atoms with Crippen LogP contribution in [0.1, 0.15) is 33.4 Å². The van der Waals surface area contributed by atoms with Crippen LogP contribution in [0.4, 0.5) is 27.8 Å². The van der Waals surface area contributed by atoms with Crippen molar-refractivity contribution >= 4 is 5.82 Å². The molecular formula is C15H21F5N4O. The van der Waals surface area contributed by atoms with Gasteiger partial charge in [-0.1, -0.05) is 0 Å². The first kappa shape index (κ1) is 19.8. The number of hydrogen-bond acceptors (Lipinski definition) is 5. The summed E-state index contributed by atoms with van der Waals surface area (Å²) in [5.41, 5.74) is -1.64. The van der Waals surface area contributed by atoms with E-state index in [0.29, 0.717) is 6.20 Å². The summed E-state index contributed by atoms with van der Waals surface area (Å²) in [6.07, 6.45) is -7.01. The summed E-state index contributed by atoms with van der Waals surface area (Å²) in [5.74, 6) is 0.131. The smallest absolute Gasteiger partial charge is 0.367 e. The van der Waals surface area contributed by atoms with E-state index >= 15 is 0 Å². The standard InChI is InChI=1S/C15H21F5N4O/c1-9-10(24(13(2,3)4)8-14(16,17)25-9)5-22-12-7-21-11(6-23-12)15(18,19)20/h6-7,9-10H,5,8H2,1-4H3,(H,22,23)/t9-,10+/m0/s1. The molecule has 142 valence electrons. The monoisotopic (exact) mass is 368 g/mol. The number of rotatable bonds is 3. The summed E-state index contributed by atoms with van der Waals surface area (Å²) in [7, 11) is 0. The molecule has 1 aromatic rings. The van der Waals surface area contributed by atoms with E-state index in [1.54, 1.807) is 4.90 Å². The van der Waals surface area contributed by atoms with Crippen LogP contribution >= 0.6 is 0 Å². The van der Waals surface area contributed by atoms with E-state index in [2.05, 4.69) is 15.3 Å². The van der Waals surface area contributed by atoms with Gasteiger partial charge in [0.05, 0.1) is 31.1 Å². The average Bonchev–Trinajstić information content (AvgIpc) is 2.43. The number of hydrogen-bond donors (Lipinski definition) is 1. The SMILES string of the molecule is C[C@@H]1OC(F)(F)CN(C(C)(C)C)[C@@H]1CNc1cnc(C(F)(F)F)cn1. The highest BCUT2D eigenvalue weighted by atomic mass is 19.4. The molecule has 2 atom stereocenters. The van der Waals surface area contributed by atoms with Gasteiger partial charge in [0.2, 0.25) is 0 Å². The van der Waals surface area contributed by atoms with Crippen LogP contribution in [0.2, 0.25) is 0 Å². The van der Waals surface area contributed by atoms with Gasteiger partial charge in [-0.25, -0.2) is 9.97 Å². The van der Waals surface area contributed by atoms with Crippen LogP contribution in [0.15, 0.2) is 12.4 Å². The van der Waals surface area contributed by atoms with Gasteiger partial charge in [0.25, 0.3) is 0 Å². The van der Waals surface area contributed by atoms with Gasteiger partial charge in [0.1, 0.15) is 5.82 Å². The fourth-order valence-corrected chi connectivity index (χ4v) is 2.74. The van der Waals surface area contributed by atoms with Crippen molar-refractivity contribution in [3.8, 4) is 0 Å². The lowest BCUT2D eigenvalue weighted by Crippen LogP contribution is -2.64. The number of aromatic nitrogens is 2. The maximum Gasteiger partial charge on any atom is 0.434 e. The van der Waals surface area contributed by atoms with Crippen molar-refractivity contribution in [3.05, 3.63) is 18.1 Å². The summed E-state index contributed by atoms with van der Waals surface area (Å²) in [4.78, 5) is 8.59. The Bertz CT molecular complexity index is 585. The first-order chi connectivity index (χ1) is 11.3. The second kappa shape index (κ2) is 6.64. The highest BCUT2D eigenvalue weighted by Crippen LogP contribution is 2.33. The second-order valence-electron chi connectivity index (χ2n) is 6.99. The lowest BCUT2D eigenvalue weighted by molar-refractivity contribution is -0.313. The first-order valence-electron chi connectivity index (χ1n) is 7.75. The van der Waals surface area contributed by atoms with E-state index in [1.165, 1.54) is 6.92 Å². The molecule has 0 bridgehead atoms. The summed E-state index contributed by atoms with van der Waals surface area (Å²) >= 11 is 0. The van der Waals surface area contributed by atoms with E-state index in [4.69, 9.17) is 4.74 Å². The van der Waals surface area contributed by atoms with Crippen LogP contribution in [0.5, 0.6) is 0 Å². The predicted molar refractivity (Wildman–Crippen MR) is 81.3 cm³/mol. The molecule has 0 saturated carbocycles. The average molecular weight is 368 g/mol. The van der Waals surface area contributed by atoms with Gasteiger partial charge in [0, 0.05) is 12.1 Å². The minimum Gasteiger partial charge on any atom is -0.367 e. The van der Waals surface area contributed by atoms with Crippen molar-refractivity contribution in [2.45, 2.75) is 57.7 Å². The Morgan fingerprint density at radius 3 is 2.36 bits per heavy atom. The Hall–Kier alpha value is -1.55. The Morgan fingerprint density at radius 1 is 1.24 bits per heavy atom. The lowest BCUT2D eigenvalue weighted by Gasteiger charge is -2.49. The molecular weight excluding hydrogens is 347 g/mol. The van der Waals surface area contributed by atoms with Crippen molar-refractivity contribution < 1.29 is 26.7 Å². The van der Waals surface area contributed by atoms with E-state index in [0.717, 1.165) is 6.20 Å². The Morgan fingerprint density at radius 2 is 1.88 bits per heavy atom. The fourth-order valence-electron chi connectivity index (χ4n) is 2.74. The van der Waals surface area contributed by atoms with Crippen LogP contribution in [-0.2, 0) is 10.9 Å². The molecule has 2 heterocycles. The molecule has 1 saturated heterocycles. The van der Waals surface area contributed by atoms with Gasteiger partial charge in [-0.3, -0.25) is 4.90 Å².